The fourth-order valence-corrected chi connectivity index (χ4v) is 3.53. The van der Waals surface area contributed by atoms with Gasteiger partial charge in [-0.05, 0) is 31.5 Å². The second-order valence-electron chi connectivity index (χ2n) is 6.34. The van der Waals surface area contributed by atoms with Crippen molar-refractivity contribution < 1.29 is 0 Å². The lowest BCUT2D eigenvalue weighted by molar-refractivity contribution is 0.196. The third-order valence-corrected chi connectivity index (χ3v) is 4.70. The normalized spacial score (nSPS) is 18.8. The van der Waals surface area contributed by atoms with Crippen molar-refractivity contribution in [1.29, 1.82) is 0 Å². The molecular formula is C18H22N6. The minimum Gasteiger partial charge on any atom is -0.371 e. The molecule has 4 heterocycles. The van der Waals surface area contributed by atoms with E-state index in [1.165, 1.54) is 12.8 Å². The minimum absolute atomic E-state index is 0.453. The van der Waals surface area contributed by atoms with E-state index < -0.39 is 0 Å². The molecule has 4 rings (SSSR count). The summed E-state index contributed by atoms with van der Waals surface area (Å²) >= 11 is 0. The van der Waals surface area contributed by atoms with E-state index in [2.05, 4.69) is 49.1 Å². The number of hydrogen-bond donors (Lipinski definition) is 1. The van der Waals surface area contributed by atoms with E-state index in [0.717, 1.165) is 42.4 Å². The van der Waals surface area contributed by atoms with Crippen molar-refractivity contribution in [3.63, 3.8) is 0 Å². The summed E-state index contributed by atoms with van der Waals surface area (Å²) in [7, 11) is 1.93. The Hall–Kier alpha value is -2.47. The van der Waals surface area contributed by atoms with Crippen LogP contribution in [0.15, 0.2) is 43.1 Å². The molecule has 0 bridgehead atoms. The molecule has 1 fully saturated rings. The molecule has 3 aromatic heterocycles. The van der Waals surface area contributed by atoms with Crippen LogP contribution < -0.4 is 5.32 Å². The average molecular weight is 322 g/mol. The van der Waals surface area contributed by atoms with Crippen molar-refractivity contribution in [2.45, 2.75) is 25.3 Å². The zero-order valence-corrected chi connectivity index (χ0v) is 13.9. The molecule has 1 N–H and O–H groups in total. The SMILES string of the molecule is CNc1nc([C@H]2CCCN(Cc3cnccn3)C2)cn2cccc12. The highest BCUT2D eigenvalue weighted by Crippen LogP contribution is 2.28. The van der Waals surface area contributed by atoms with Gasteiger partial charge < -0.3 is 9.72 Å². The number of aromatic nitrogens is 4. The molecule has 0 aromatic carbocycles. The van der Waals surface area contributed by atoms with Crippen LogP contribution in [0.3, 0.4) is 0 Å². The number of hydrogen-bond acceptors (Lipinski definition) is 5. The molecule has 0 spiro atoms. The van der Waals surface area contributed by atoms with Crippen molar-refractivity contribution in [2.75, 3.05) is 25.5 Å². The summed E-state index contributed by atoms with van der Waals surface area (Å²) in [4.78, 5) is 15.9. The second kappa shape index (κ2) is 6.57. The first-order chi connectivity index (χ1) is 11.8. The van der Waals surface area contributed by atoms with Crippen molar-refractivity contribution in [3.05, 3.63) is 54.5 Å². The van der Waals surface area contributed by atoms with Gasteiger partial charge in [-0.2, -0.15) is 0 Å². The van der Waals surface area contributed by atoms with E-state index in [-0.39, 0.29) is 0 Å². The first-order valence-corrected chi connectivity index (χ1v) is 8.46. The molecule has 0 unspecified atom stereocenters. The first-order valence-electron chi connectivity index (χ1n) is 8.46. The van der Waals surface area contributed by atoms with Crippen molar-refractivity contribution in [3.8, 4) is 0 Å². The zero-order valence-electron chi connectivity index (χ0n) is 13.9. The molecule has 124 valence electrons. The lowest BCUT2D eigenvalue weighted by Gasteiger charge is -2.32. The Kier molecular flexibility index (Phi) is 4.13. The van der Waals surface area contributed by atoms with Gasteiger partial charge in [0.2, 0.25) is 0 Å². The Morgan fingerprint density at radius 3 is 3.12 bits per heavy atom. The van der Waals surface area contributed by atoms with Gasteiger partial charge in [-0.1, -0.05) is 0 Å². The molecular weight excluding hydrogens is 300 g/mol. The molecule has 1 aliphatic heterocycles. The standard InChI is InChI=1S/C18H22N6/c1-19-18-17-5-3-9-24(17)13-16(22-18)14-4-2-8-23(11-14)12-15-10-20-6-7-21-15/h3,5-7,9-10,13-14H,2,4,8,11-12H2,1H3,(H,19,22)/t14-/m0/s1. The fourth-order valence-electron chi connectivity index (χ4n) is 3.53. The lowest BCUT2D eigenvalue weighted by Crippen LogP contribution is -2.34. The van der Waals surface area contributed by atoms with Gasteiger partial charge in [0.1, 0.15) is 5.82 Å². The Labute approximate surface area is 141 Å². The van der Waals surface area contributed by atoms with Gasteiger partial charge in [0, 0.05) is 57.0 Å². The number of nitrogens with one attached hydrogen (secondary N) is 1. The second-order valence-corrected chi connectivity index (χ2v) is 6.34. The van der Waals surface area contributed by atoms with Gasteiger partial charge in [-0.3, -0.25) is 14.9 Å². The molecule has 3 aromatic rings. The summed E-state index contributed by atoms with van der Waals surface area (Å²) in [5, 5.41) is 3.22. The molecule has 0 saturated carbocycles. The Morgan fingerprint density at radius 1 is 1.33 bits per heavy atom. The number of fused-ring (bicyclic) bond motifs is 1. The molecule has 0 aliphatic carbocycles. The number of rotatable bonds is 4. The monoisotopic (exact) mass is 322 g/mol. The van der Waals surface area contributed by atoms with Crippen LogP contribution in [0.1, 0.15) is 30.1 Å². The molecule has 6 nitrogen and oxygen atoms in total. The summed E-state index contributed by atoms with van der Waals surface area (Å²) < 4.78 is 2.16. The highest BCUT2D eigenvalue weighted by Gasteiger charge is 2.23. The van der Waals surface area contributed by atoms with Crippen LogP contribution in [0, 0.1) is 0 Å². The van der Waals surface area contributed by atoms with Crippen LogP contribution in [-0.4, -0.2) is 44.4 Å². The van der Waals surface area contributed by atoms with E-state index in [1.54, 1.807) is 12.4 Å². The zero-order chi connectivity index (χ0) is 16.4. The summed E-state index contributed by atoms with van der Waals surface area (Å²) in [6.45, 7) is 2.98. The van der Waals surface area contributed by atoms with Crippen LogP contribution in [0.5, 0.6) is 0 Å². The third-order valence-electron chi connectivity index (χ3n) is 4.70. The largest absolute Gasteiger partial charge is 0.371 e. The summed E-state index contributed by atoms with van der Waals surface area (Å²) in [6.07, 6.45) is 12.0. The maximum atomic E-state index is 4.87. The minimum atomic E-state index is 0.453. The predicted molar refractivity (Wildman–Crippen MR) is 94.0 cm³/mol. The third kappa shape index (κ3) is 2.97. The highest BCUT2D eigenvalue weighted by atomic mass is 15.1. The molecule has 0 amide bonds. The first kappa shape index (κ1) is 15.1. The maximum Gasteiger partial charge on any atom is 0.150 e. The topological polar surface area (TPSA) is 58.4 Å². The quantitative estimate of drug-likeness (QED) is 0.800. The van der Waals surface area contributed by atoms with Gasteiger partial charge in [-0.15, -0.1) is 0 Å². The van der Waals surface area contributed by atoms with Crippen molar-refractivity contribution >= 4 is 11.3 Å². The number of nitrogens with zero attached hydrogens (tertiary/aromatic N) is 5. The van der Waals surface area contributed by atoms with Crippen LogP contribution in [-0.2, 0) is 6.54 Å². The smallest absolute Gasteiger partial charge is 0.150 e. The van der Waals surface area contributed by atoms with Crippen molar-refractivity contribution in [1.82, 2.24) is 24.3 Å². The van der Waals surface area contributed by atoms with E-state index in [1.807, 2.05) is 13.2 Å². The fraction of sp³-hybridized carbons (Fsp3) is 0.389. The van der Waals surface area contributed by atoms with Gasteiger partial charge in [0.25, 0.3) is 0 Å². The van der Waals surface area contributed by atoms with Crippen LogP contribution in [0.4, 0.5) is 5.82 Å². The summed E-state index contributed by atoms with van der Waals surface area (Å²) in [6, 6.07) is 4.15. The molecule has 1 atom stereocenters. The Morgan fingerprint density at radius 2 is 2.29 bits per heavy atom. The van der Waals surface area contributed by atoms with Gasteiger partial charge in [0.05, 0.1) is 16.9 Å². The molecule has 1 saturated heterocycles. The van der Waals surface area contributed by atoms with E-state index >= 15 is 0 Å². The van der Waals surface area contributed by atoms with Crippen LogP contribution in [0.25, 0.3) is 5.52 Å². The number of anilines is 1. The van der Waals surface area contributed by atoms with Crippen molar-refractivity contribution in [2.24, 2.45) is 0 Å². The lowest BCUT2D eigenvalue weighted by atomic mass is 9.95. The maximum absolute atomic E-state index is 4.87. The predicted octanol–water partition coefficient (Wildman–Crippen LogP) is 2.55. The van der Waals surface area contributed by atoms with Gasteiger partial charge in [0.15, 0.2) is 0 Å². The Balaban J connectivity index is 1.55. The van der Waals surface area contributed by atoms with Gasteiger partial charge in [-0.25, -0.2) is 4.98 Å². The molecule has 6 heteroatoms. The summed E-state index contributed by atoms with van der Waals surface area (Å²) in [5.74, 6) is 1.40. The van der Waals surface area contributed by atoms with Crippen LogP contribution >= 0.6 is 0 Å². The number of piperidine rings is 1. The Bertz CT molecular complexity index is 813. The number of likely N-dealkylation sites (tertiary alicyclic amines) is 1. The molecule has 0 radical (unpaired) electrons. The van der Waals surface area contributed by atoms with E-state index in [9.17, 15) is 0 Å². The van der Waals surface area contributed by atoms with E-state index in [0.29, 0.717) is 5.92 Å². The molecule has 24 heavy (non-hydrogen) atoms. The van der Waals surface area contributed by atoms with Crippen LogP contribution in [0.2, 0.25) is 0 Å². The van der Waals surface area contributed by atoms with E-state index in [4.69, 9.17) is 4.98 Å². The molecule has 1 aliphatic rings. The average Bonchev–Trinajstić information content (AvgIpc) is 3.10. The highest BCUT2D eigenvalue weighted by molar-refractivity contribution is 5.68. The van der Waals surface area contributed by atoms with Gasteiger partial charge >= 0.3 is 0 Å². The summed E-state index contributed by atoms with van der Waals surface area (Å²) in [5.41, 5.74) is 3.31.